The summed E-state index contributed by atoms with van der Waals surface area (Å²) >= 11 is 0. The molecule has 0 saturated heterocycles. The summed E-state index contributed by atoms with van der Waals surface area (Å²) in [5.74, 6) is -1.29. The predicted octanol–water partition coefficient (Wildman–Crippen LogP) is 4.53. The third kappa shape index (κ3) is 4.46. The fourth-order valence-electron chi connectivity index (χ4n) is 3.91. The Hall–Kier alpha value is -3.74. The van der Waals surface area contributed by atoms with Crippen LogP contribution in [0.25, 0.3) is 11.3 Å². The van der Waals surface area contributed by atoms with Crippen LogP contribution in [0.4, 0.5) is 10.1 Å². The topological polar surface area (TPSA) is 76.0 Å². The van der Waals surface area contributed by atoms with Crippen molar-refractivity contribution in [3.8, 4) is 11.3 Å². The van der Waals surface area contributed by atoms with Gasteiger partial charge in [-0.1, -0.05) is 31.2 Å². The molecule has 0 unspecified atom stereocenters. The van der Waals surface area contributed by atoms with Crippen LogP contribution in [0.1, 0.15) is 36.8 Å². The molecule has 2 heterocycles. The van der Waals surface area contributed by atoms with Crippen molar-refractivity contribution in [3.05, 3.63) is 83.4 Å². The number of aromatic nitrogens is 2. The second kappa shape index (κ2) is 9.18. The molecular weight excluding hydrogens is 407 g/mol. The summed E-state index contributed by atoms with van der Waals surface area (Å²) in [5, 5.41) is 10.0. The molecule has 0 spiro atoms. The molecule has 1 aliphatic heterocycles. The molecule has 2 N–H and O–H groups in total. The lowest BCUT2D eigenvalue weighted by atomic mass is 9.86. The summed E-state index contributed by atoms with van der Waals surface area (Å²) < 4.78 is 15.3. The number of nitrogens with zero attached hydrogens (tertiary/aromatic N) is 2. The second-order valence-corrected chi connectivity index (χ2v) is 7.90. The highest BCUT2D eigenvalue weighted by Crippen LogP contribution is 2.32. The number of carbonyl (C=O) groups is 2. The van der Waals surface area contributed by atoms with Gasteiger partial charge in [0.05, 0.1) is 5.69 Å². The minimum absolute atomic E-state index is 0.125. The van der Waals surface area contributed by atoms with Crippen LogP contribution < -0.4 is 10.6 Å². The normalized spacial score (nSPS) is 15.8. The number of rotatable bonds is 6. The monoisotopic (exact) mass is 432 g/mol. The van der Waals surface area contributed by atoms with Crippen LogP contribution in [0.2, 0.25) is 0 Å². The van der Waals surface area contributed by atoms with E-state index < -0.39 is 5.92 Å². The van der Waals surface area contributed by atoms with Gasteiger partial charge in [0.1, 0.15) is 5.82 Å². The van der Waals surface area contributed by atoms with Gasteiger partial charge in [-0.25, -0.2) is 4.39 Å². The number of carbonyl (C=O) groups excluding carboxylic acids is 2. The SMILES string of the molecule is CCCn1nccc1-c1ccc(C)c(NC(=O)C2=CNC(=O)C[C@H]2c2ccc(F)cc2)c1. The molecule has 0 aliphatic carbocycles. The zero-order chi connectivity index (χ0) is 22.7. The summed E-state index contributed by atoms with van der Waals surface area (Å²) in [4.78, 5) is 25.2. The van der Waals surface area contributed by atoms with Gasteiger partial charge in [-0.05, 0) is 48.7 Å². The number of halogens is 1. The van der Waals surface area contributed by atoms with Crippen molar-refractivity contribution in [1.29, 1.82) is 0 Å². The van der Waals surface area contributed by atoms with E-state index in [0.29, 0.717) is 11.3 Å². The maximum atomic E-state index is 13.4. The number of benzene rings is 2. The Bertz CT molecular complexity index is 1180. The highest BCUT2D eigenvalue weighted by Gasteiger charge is 2.29. The van der Waals surface area contributed by atoms with E-state index in [9.17, 15) is 14.0 Å². The molecule has 0 bridgehead atoms. The zero-order valence-electron chi connectivity index (χ0n) is 18.1. The van der Waals surface area contributed by atoms with Gasteiger partial charge >= 0.3 is 0 Å². The number of nitrogens with one attached hydrogen (secondary N) is 2. The molecular formula is C25H25FN4O2. The number of amides is 2. The molecule has 1 aromatic heterocycles. The molecule has 0 saturated carbocycles. The number of hydrogen-bond acceptors (Lipinski definition) is 3. The van der Waals surface area contributed by atoms with Crippen molar-refractivity contribution in [1.82, 2.24) is 15.1 Å². The van der Waals surface area contributed by atoms with E-state index >= 15 is 0 Å². The third-order valence-electron chi connectivity index (χ3n) is 5.62. The van der Waals surface area contributed by atoms with Crippen molar-refractivity contribution in [2.24, 2.45) is 0 Å². The first-order valence-electron chi connectivity index (χ1n) is 10.7. The minimum Gasteiger partial charge on any atom is -0.332 e. The highest BCUT2D eigenvalue weighted by molar-refractivity contribution is 6.07. The van der Waals surface area contributed by atoms with Crippen LogP contribution in [0.3, 0.4) is 0 Å². The van der Waals surface area contributed by atoms with Crippen molar-refractivity contribution in [3.63, 3.8) is 0 Å². The lowest BCUT2D eigenvalue weighted by Gasteiger charge is -2.24. The quantitative estimate of drug-likeness (QED) is 0.601. The van der Waals surface area contributed by atoms with E-state index in [1.54, 1.807) is 18.3 Å². The molecule has 0 fully saturated rings. The first kappa shape index (κ1) is 21.5. The average molecular weight is 432 g/mol. The first-order chi connectivity index (χ1) is 15.5. The van der Waals surface area contributed by atoms with E-state index in [1.807, 2.05) is 35.9 Å². The van der Waals surface area contributed by atoms with Crippen molar-refractivity contribution >= 4 is 17.5 Å². The Balaban J connectivity index is 1.62. The van der Waals surface area contributed by atoms with Crippen LogP contribution in [0.15, 0.2) is 66.5 Å². The summed E-state index contributed by atoms with van der Waals surface area (Å²) in [6, 6.07) is 13.8. The van der Waals surface area contributed by atoms with Gasteiger partial charge in [-0.3, -0.25) is 14.3 Å². The summed E-state index contributed by atoms with van der Waals surface area (Å²) in [7, 11) is 0. The van der Waals surface area contributed by atoms with E-state index in [-0.39, 0.29) is 24.1 Å². The lowest BCUT2D eigenvalue weighted by Crippen LogP contribution is -2.32. The Kier molecular flexibility index (Phi) is 6.16. The molecule has 6 nitrogen and oxygen atoms in total. The molecule has 164 valence electrons. The van der Waals surface area contributed by atoms with Crippen molar-refractivity contribution in [2.45, 2.75) is 39.2 Å². The molecule has 7 heteroatoms. The minimum atomic E-state index is -0.446. The lowest BCUT2D eigenvalue weighted by molar-refractivity contribution is -0.121. The highest BCUT2D eigenvalue weighted by atomic mass is 19.1. The average Bonchev–Trinajstić information content (AvgIpc) is 3.24. The Morgan fingerprint density at radius 3 is 2.75 bits per heavy atom. The van der Waals surface area contributed by atoms with Crippen molar-refractivity contribution < 1.29 is 14.0 Å². The van der Waals surface area contributed by atoms with E-state index in [0.717, 1.165) is 35.3 Å². The van der Waals surface area contributed by atoms with Crippen LogP contribution in [0, 0.1) is 12.7 Å². The van der Waals surface area contributed by atoms with Gasteiger partial charge in [0, 0.05) is 48.1 Å². The van der Waals surface area contributed by atoms with Gasteiger partial charge in [0.25, 0.3) is 5.91 Å². The second-order valence-electron chi connectivity index (χ2n) is 7.90. The summed E-state index contributed by atoms with van der Waals surface area (Å²) in [6.45, 7) is 4.83. The molecule has 4 rings (SSSR count). The summed E-state index contributed by atoms with van der Waals surface area (Å²) in [5.41, 5.74) is 4.69. The molecule has 1 atom stereocenters. The van der Waals surface area contributed by atoms with Crippen LogP contribution in [0.5, 0.6) is 0 Å². The van der Waals surface area contributed by atoms with Crippen LogP contribution in [-0.2, 0) is 16.1 Å². The van der Waals surface area contributed by atoms with Gasteiger partial charge in [0.2, 0.25) is 5.91 Å². The Morgan fingerprint density at radius 2 is 2.00 bits per heavy atom. The fourth-order valence-corrected chi connectivity index (χ4v) is 3.91. The standard InChI is InChI=1S/C25H25FN4O2/c1-3-12-30-23(10-11-28-30)18-5-4-16(2)22(13-18)29-25(32)21-15-27-24(31)14-20(21)17-6-8-19(26)9-7-17/h4-11,13,15,20H,3,12,14H2,1-2H3,(H,27,31)(H,29,32)/t20-/m0/s1. The van der Waals surface area contributed by atoms with Crippen LogP contribution >= 0.6 is 0 Å². The Morgan fingerprint density at radius 1 is 1.22 bits per heavy atom. The van der Waals surface area contributed by atoms with E-state index in [2.05, 4.69) is 22.7 Å². The molecule has 2 aromatic carbocycles. The maximum absolute atomic E-state index is 13.4. The Labute approximate surface area is 186 Å². The molecule has 2 amide bonds. The largest absolute Gasteiger partial charge is 0.332 e. The third-order valence-corrected chi connectivity index (χ3v) is 5.62. The first-order valence-corrected chi connectivity index (χ1v) is 10.7. The maximum Gasteiger partial charge on any atom is 0.253 e. The van der Waals surface area contributed by atoms with Gasteiger partial charge in [-0.15, -0.1) is 0 Å². The zero-order valence-corrected chi connectivity index (χ0v) is 18.1. The van der Waals surface area contributed by atoms with Crippen molar-refractivity contribution in [2.75, 3.05) is 5.32 Å². The fraction of sp³-hybridized carbons (Fsp3) is 0.240. The molecule has 1 aliphatic rings. The van der Waals surface area contributed by atoms with Gasteiger partial charge in [-0.2, -0.15) is 5.10 Å². The number of hydrogen-bond donors (Lipinski definition) is 2. The van der Waals surface area contributed by atoms with E-state index in [1.165, 1.54) is 18.3 Å². The number of anilines is 1. The molecule has 32 heavy (non-hydrogen) atoms. The predicted molar refractivity (Wildman–Crippen MR) is 121 cm³/mol. The smallest absolute Gasteiger partial charge is 0.253 e. The number of aryl methyl sites for hydroxylation is 2. The molecule has 3 aromatic rings. The van der Waals surface area contributed by atoms with Gasteiger partial charge < -0.3 is 10.6 Å². The molecule has 0 radical (unpaired) electrons. The van der Waals surface area contributed by atoms with Crippen LogP contribution in [-0.4, -0.2) is 21.6 Å². The van der Waals surface area contributed by atoms with E-state index in [4.69, 9.17) is 0 Å². The summed E-state index contributed by atoms with van der Waals surface area (Å²) in [6.07, 6.45) is 4.31. The van der Waals surface area contributed by atoms with Gasteiger partial charge in [0.15, 0.2) is 0 Å².